The predicted octanol–water partition coefficient (Wildman–Crippen LogP) is 5.40. The molecule has 0 spiro atoms. The molecular formula is C20H13F3N4O2S2. The molecule has 1 amide bonds. The molecule has 2 heterocycles. The highest BCUT2D eigenvalue weighted by molar-refractivity contribution is 8.00. The maximum Gasteiger partial charge on any atom is 0.277 e. The highest BCUT2D eigenvalue weighted by Gasteiger charge is 2.21. The molecule has 0 fully saturated rings. The molecule has 11 heteroatoms. The molecule has 4 aromatic rings. The zero-order chi connectivity index (χ0) is 22.0. The first-order chi connectivity index (χ1) is 14.9. The van der Waals surface area contributed by atoms with Crippen LogP contribution in [0.3, 0.4) is 0 Å². The normalized spacial score (nSPS) is 12.0. The Kier molecular flexibility index (Phi) is 6.05. The number of thiazole rings is 1. The van der Waals surface area contributed by atoms with Crippen LogP contribution in [-0.4, -0.2) is 26.3 Å². The van der Waals surface area contributed by atoms with Crippen LogP contribution in [0.4, 0.5) is 18.3 Å². The summed E-state index contributed by atoms with van der Waals surface area (Å²) in [6, 6.07) is 9.45. The van der Waals surface area contributed by atoms with Crippen molar-refractivity contribution in [1.29, 1.82) is 0 Å². The molecule has 0 saturated carbocycles. The summed E-state index contributed by atoms with van der Waals surface area (Å²) in [6.07, 6.45) is 0. The van der Waals surface area contributed by atoms with Gasteiger partial charge < -0.3 is 9.73 Å². The van der Waals surface area contributed by atoms with E-state index in [2.05, 4.69) is 20.5 Å². The van der Waals surface area contributed by atoms with E-state index in [1.807, 2.05) is 0 Å². The van der Waals surface area contributed by atoms with Crippen LogP contribution in [0.25, 0.3) is 22.7 Å². The second-order valence-corrected chi connectivity index (χ2v) is 8.42. The fraction of sp³-hybridized carbons (Fsp3) is 0.100. The van der Waals surface area contributed by atoms with Crippen molar-refractivity contribution in [3.63, 3.8) is 0 Å². The second kappa shape index (κ2) is 8.90. The molecule has 0 aliphatic heterocycles. The van der Waals surface area contributed by atoms with Gasteiger partial charge in [-0.25, -0.2) is 18.2 Å². The smallest absolute Gasteiger partial charge is 0.277 e. The first kappa shape index (κ1) is 21.1. The molecule has 2 aromatic carbocycles. The lowest BCUT2D eigenvalue weighted by Gasteiger charge is -2.07. The summed E-state index contributed by atoms with van der Waals surface area (Å²) in [5, 5.41) is 11.7. The molecule has 0 saturated heterocycles. The van der Waals surface area contributed by atoms with Crippen molar-refractivity contribution in [3.05, 3.63) is 65.3 Å². The number of carbonyl (C=O) groups excluding carboxylic acids is 1. The van der Waals surface area contributed by atoms with Crippen molar-refractivity contribution in [1.82, 2.24) is 15.2 Å². The van der Waals surface area contributed by atoms with Gasteiger partial charge in [-0.3, -0.25) is 4.79 Å². The summed E-state index contributed by atoms with van der Waals surface area (Å²) in [5.74, 6) is -2.77. The van der Waals surface area contributed by atoms with Gasteiger partial charge in [-0.15, -0.1) is 21.5 Å². The van der Waals surface area contributed by atoms with Crippen LogP contribution >= 0.6 is 23.1 Å². The zero-order valence-corrected chi connectivity index (χ0v) is 17.4. The van der Waals surface area contributed by atoms with E-state index in [-0.39, 0.29) is 22.6 Å². The topological polar surface area (TPSA) is 80.9 Å². The van der Waals surface area contributed by atoms with Crippen LogP contribution in [0.15, 0.2) is 57.5 Å². The van der Waals surface area contributed by atoms with Crippen LogP contribution in [-0.2, 0) is 4.79 Å². The summed E-state index contributed by atoms with van der Waals surface area (Å²) in [6.45, 7) is 1.64. The number of thioether (sulfide) groups is 1. The van der Waals surface area contributed by atoms with Crippen LogP contribution in [0.1, 0.15) is 6.92 Å². The Labute approximate surface area is 182 Å². The van der Waals surface area contributed by atoms with E-state index in [4.69, 9.17) is 4.42 Å². The third-order valence-corrected chi connectivity index (χ3v) is 5.80. The monoisotopic (exact) mass is 462 g/mol. The van der Waals surface area contributed by atoms with Crippen molar-refractivity contribution < 1.29 is 22.4 Å². The van der Waals surface area contributed by atoms with Crippen molar-refractivity contribution in [3.8, 4) is 22.7 Å². The maximum absolute atomic E-state index is 13.8. The molecule has 1 atom stereocenters. The number of carbonyl (C=O) groups is 1. The first-order valence-corrected chi connectivity index (χ1v) is 10.6. The van der Waals surface area contributed by atoms with Gasteiger partial charge in [0.2, 0.25) is 5.91 Å². The summed E-state index contributed by atoms with van der Waals surface area (Å²) < 4.78 is 45.8. The third kappa shape index (κ3) is 4.78. The number of halogens is 3. The van der Waals surface area contributed by atoms with E-state index in [1.165, 1.54) is 18.2 Å². The fourth-order valence-corrected chi connectivity index (χ4v) is 3.94. The molecule has 0 bridgehead atoms. The number of benzene rings is 2. The lowest BCUT2D eigenvalue weighted by Crippen LogP contribution is -2.22. The van der Waals surface area contributed by atoms with Gasteiger partial charge in [-0.2, -0.15) is 0 Å². The molecular weight excluding hydrogens is 449 g/mol. The van der Waals surface area contributed by atoms with Crippen LogP contribution in [0.5, 0.6) is 0 Å². The minimum absolute atomic E-state index is 0.0179. The summed E-state index contributed by atoms with van der Waals surface area (Å²) in [7, 11) is 0. The average Bonchev–Trinajstić information content (AvgIpc) is 3.40. The van der Waals surface area contributed by atoms with Gasteiger partial charge in [0.05, 0.1) is 16.5 Å². The van der Waals surface area contributed by atoms with E-state index in [0.717, 1.165) is 35.2 Å². The lowest BCUT2D eigenvalue weighted by molar-refractivity contribution is -0.115. The quantitative estimate of drug-likeness (QED) is 0.387. The largest absolute Gasteiger partial charge is 0.411 e. The van der Waals surface area contributed by atoms with Gasteiger partial charge >= 0.3 is 0 Å². The van der Waals surface area contributed by atoms with Gasteiger partial charge in [-0.1, -0.05) is 23.9 Å². The summed E-state index contributed by atoms with van der Waals surface area (Å²) in [4.78, 5) is 16.7. The molecule has 1 N–H and O–H groups in total. The van der Waals surface area contributed by atoms with E-state index in [1.54, 1.807) is 24.4 Å². The van der Waals surface area contributed by atoms with Crippen molar-refractivity contribution in [2.45, 2.75) is 17.4 Å². The second-order valence-electron chi connectivity index (χ2n) is 6.27. The first-order valence-electron chi connectivity index (χ1n) is 8.87. The summed E-state index contributed by atoms with van der Waals surface area (Å²) >= 11 is 2.16. The Bertz CT molecular complexity index is 1240. The van der Waals surface area contributed by atoms with Gasteiger partial charge in [0.15, 0.2) is 16.8 Å². The van der Waals surface area contributed by atoms with E-state index in [9.17, 15) is 18.0 Å². The Morgan fingerprint density at radius 1 is 1.10 bits per heavy atom. The van der Waals surface area contributed by atoms with Gasteiger partial charge in [0.1, 0.15) is 5.82 Å². The van der Waals surface area contributed by atoms with Crippen LogP contribution in [0.2, 0.25) is 0 Å². The van der Waals surface area contributed by atoms with Crippen molar-refractivity contribution in [2.24, 2.45) is 0 Å². The third-order valence-electron chi connectivity index (χ3n) is 4.11. The number of aromatic nitrogens is 3. The SMILES string of the molecule is C[C@H](Sc1nnc(-c2ccccc2F)o1)C(=O)Nc1nc(-c2ccc(F)c(F)c2)cs1. The van der Waals surface area contributed by atoms with E-state index < -0.39 is 22.7 Å². The molecule has 0 radical (unpaired) electrons. The maximum atomic E-state index is 13.8. The van der Waals surface area contributed by atoms with Gasteiger partial charge in [0, 0.05) is 10.9 Å². The molecule has 4 rings (SSSR count). The molecule has 2 aromatic heterocycles. The minimum atomic E-state index is -0.976. The highest BCUT2D eigenvalue weighted by Crippen LogP contribution is 2.29. The average molecular weight is 462 g/mol. The van der Waals surface area contributed by atoms with E-state index in [0.29, 0.717) is 16.4 Å². The molecule has 158 valence electrons. The lowest BCUT2D eigenvalue weighted by atomic mass is 10.2. The fourth-order valence-electron chi connectivity index (χ4n) is 2.53. The zero-order valence-electron chi connectivity index (χ0n) is 15.8. The molecule has 0 aliphatic rings. The van der Waals surface area contributed by atoms with E-state index >= 15 is 0 Å². The predicted molar refractivity (Wildman–Crippen MR) is 111 cm³/mol. The molecule has 6 nitrogen and oxygen atoms in total. The number of hydrogen-bond donors (Lipinski definition) is 1. The van der Waals surface area contributed by atoms with Crippen LogP contribution in [0, 0.1) is 17.5 Å². The standard InChI is InChI=1S/C20H13F3N4O2S2/c1-10(31-20-27-26-18(29-20)12-4-2-3-5-13(12)21)17(28)25-19-24-16(9-30-19)11-6-7-14(22)15(23)8-11/h2-10H,1H3,(H,24,25,28)/t10-/m0/s1. The van der Waals surface area contributed by atoms with Gasteiger partial charge in [-0.05, 0) is 37.3 Å². The number of amides is 1. The highest BCUT2D eigenvalue weighted by atomic mass is 32.2. The summed E-state index contributed by atoms with van der Waals surface area (Å²) in [5.41, 5.74) is 0.974. The number of hydrogen-bond acceptors (Lipinski definition) is 7. The van der Waals surface area contributed by atoms with Gasteiger partial charge in [0.25, 0.3) is 11.1 Å². The molecule has 0 unspecified atom stereocenters. The number of anilines is 1. The number of rotatable bonds is 6. The van der Waals surface area contributed by atoms with Crippen molar-refractivity contribution in [2.75, 3.05) is 5.32 Å². The van der Waals surface area contributed by atoms with Crippen LogP contribution < -0.4 is 5.32 Å². The minimum Gasteiger partial charge on any atom is -0.411 e. The molecule has 0 aliphatic carbocycles. The number of nitrogens with one attached hydrogen (secondary N) is 1. The number of nitrogens with zero attached hydrogens (tertiary/aromatic N) is 3. The Balaban J connectivity index is 1.40. The Morgan fingerprint density at radius 2 is 1.90 bits per heavy atom. The Morgan fingerprint density at radius 3 is 2.68 bits per heavy atom. The Hall–Kier alpha value is -3.18. The van der Waals surface area contributed by atoms with Crippen molar-refractivity contribution >= 4 is 34.1 Å². The molecule has 31 heavy (non-hydrogen) atoms.